The molecule has 3 aliphatic rings. The lowest BCUT2D eigenvalue weighted by Gasteiger charge is -2.31. The number of piperidine rings is 1. The Balaban J connectivity index is 1.40. The molecular formula is C21H29N3O5S. The van der Waals surface area contributed by atoms with Crippen molar-refractivity contribution in [3.05, 3.63) is 18.2 Å². The van der Waals surface area contributed by atoms with E-state index in [0.717, 1.165) is 25.7 Å². The summed E-state index contributed by atoms with van der Waals surface area (Å²) in [6, 6.07) is 4.83. The lowest BCUT2D eigenvalue weighted by molar-refractivity contribution is -0.126. The standard InChI is InChI=1S/C21H29N3O5S/c1-2-18-21(26)23-17-13-16(7-8-19(17)29-18)30(27,28)24-11-9-14(10-12-24)20(25)22-15-5-3-4-6-15/h7-8,13-15,18H,2-6,9-12H2,1H3,(H,22,25)(H,23,26). The average molecular weight is 436 g/mol. The molecule has 2 amide bonds. The van der Waals surface area contributed by atoms with Crippen LogP contribution < -0.4 is 15.4 Å². The van der Waals surface area contributed by atoms with Gasteiger partial charge < -0.3 is 15.4 Å². The van der Waals surface area contributed by atoms with Crippen LogP contribution in [0.15, 0.2) is 23.1 Å². The number of amides is 2. The molecule has 2 heterocycles. The van der Waals surface area contributed by atoms with Crippen molar-refractivity contribution in [2.45, 2.75) is 68.9 Å². The third-order valence-corrected chi connectivity index (χ3v) is 8.20. The molecular weight excluding hydrogens is 406 g/mol. The van der Waals surface area contributed by atoms with Crippen LogP contribution in [0.1, 0.15) is 51.9 Å². The molecule has 0 aromatic heterocycles. The first-order chi connectivity index (χ1) is 14.4. The number of hydrogen-bond acceptors (Lipinski definition) is 5. The largest absolute Gasteiger partial charge is 0.478 e. The van der Waals surface area contributed by atoms with Crippen molar-refractivity contribution in [1.82, 2.24) is 9.62 Å². The highest BCUT2D eigenvalue weighted by Gasteiger charge is 2.34. The maximum Gasteiger partial charge on any atom is 0.265 e. The summed E-state index contributed by atoms with van der Waals surface area (Å²) in [7, 11) is -3.71. The van der Waals surface area contributed by atoms with Gasteiger partial charge in [0.15, 0.2) is 6.10 Å². The van der Waals surface area contributed by atoms with Crippen LogP contribution in [0.5, 0.6) is 5.75 Å². The van der Waals surface area contributed by atoms with Crippen molar-refractivity contribution in [2.75, 3.05) is 18.4 Å². The number of rotatable bonds is 5. The Kier molecular flexibility index (Phi) is 6.02. The fourth-order valence-electron chi connectivity index (χ4n) is 4.46. The van der Waals surface area contributed by atoms with Crippen molar-refractivity contribution in [3.63, 3.8) is 0 Å². The minimum absolute atomic E-state index is 0.0538. The lowest BCUT2D eigenvalue weighted by atomic mass is 9.97. The van der Waals surface area contributed by atoms with E-state index in [1.54, 1.807) is 6.07 Å². The highest BCUT2D eigenvalue weighted by molar-refractivity contribution is 7.89. The lowest BCUT2D eigenvalue weighted by Crippen LogP contribution is -2.44. The summed E-state index contributed by atoms with van der Waals surface area (Å²) in [5.41, 5.74) is 0.372. The van der Waals surface area contributed by atoms with Gasteiger partial charge in [-0.1, -0.05) is 19.8 Å². The maximum absolute atomic E-state index is 13.1. The van der Waals surface area contributed by atoms with Gasteiger partial charge in [0.1, 0.15) is 5.75 Å². The predicted molar refractivity (Wildman–Crippen MR) is 112 cm³/mol. The second-order valence-electron chi connectivity index (χ2n) is 8.33. The summed E-state index contributed by atoms with van der Waals surface area (Å²) in [6.45, 7) is 2.47. The quantitative estimate of drug-likeness (QED) is 0.738. The number of anilines is 1. The van der Waals surface area contributed by atoms with Crippen LogP contribution in [-0.4, -0.2) is 49.8 Å². The second-order valence-corrected chi connectivity index (χ2v) is 10.3. The van der Waals surface area contributed by atoms with E-state index in [1.165, 1.54) is 16.4 Å². The molecule has 4 rings (SSSR count). The molecule has 164 valence electrons. The molecule has 0 radical (unpaired) electrons. The zero-order valence-electron chi connectivity index (χ0n) is 17.2. The van der Waals surface area contributed by atoms with Gasteiger partial charge in [-0.15, -0.1) is 0 Å². The summed E-state index contributed by atoms with van der Waals surface area (Å²) >= 11 is 0. The molecule has 8 nitrogen and oxygen atoms in total. The number of carbonyl (C=O) groups is 2. The smallest absolute Gasteiger partial charge is 0.265 e. The fraction of sp³-hybridized carbons (Fsp3) is 0.619. The zero-order chi connectivity index (χ0) is 21.3. The minimum atomic E-state index is -3.71. The number of nitrogens with one attached hydrogen (secondary N) is 2. The van der Waals surface area contributed by atoms with E-state index in [1.807, 2.05) is 6.92 Å². The van der Waals surface area contributed by atoms with Crippen LogP contribution in [0.4, 0.5) is 5.69 Å². The highest BCUT2D eigenvalue weighted by Crippen LogP contribution is 2.34. The summed E-state index contributed by atoms with van der Waals surface area (Å²) in [4.78, 5) is 24.6. The van der Waals surface area contributed by atoms with E-state index >= 15 is 0 Å². The topological polar surface area (TPSA) is 105 Å². The minimum Gasteiger partial charge on any atom is -0.478 e. The Morgan fingerprint density at radius 3 is 2.57 bits per heavy atom. The van der Waals surface area contributed by atoms with Gasteiger partial charge in [0.2, 0.25) is 15.9 Å². The predicted octanol–water partition coefficient (Wildman–Crippen LogP) is 2.26. The maximum atomic E-state index is 13.1. The first-order valence-corrected chi connectivity index (χ1v) is 12.2. The van der Waals surface area contributed by atoms with E-state index in [-0.39, 0.29) is 28.7 Å². The Morgan fingerprint density at radius 2 is 1.90 bits per heavy atom. The molecule has 1 atom stereocenters. The first kappa shape index (κ1) is 21.1. The average Bonchev–Trinajstić information content (AvgIpc) is 3.26. The first-order valence-electron chi connectivity index (χ1n) is 10.8. The van der Waals surface area contributed by atoms with Crippen LogP contribution in [0, 0.1) is 5.92 Å². The molecule has 2 aliphatic heterocycles. The van der Waals surface area contributed by atoms with Crippen molar-refractivity contribution in [1.29, 1.82) is 0 Å². The van der Waals surface area contributed by atoms with Gasteiger partial charge in [-0.05, 0) is 50.3 Å². The number of sulfonamides is 1. The number of ether oxygens (including phenoxy) is 1. The molecule has 2 fully saturated rings. The van der Waals surface area contributed by atoms with Gasteiger partial charge in [-0.2, -0.15) is 4.31 Å². The number of benzene rings is 1. The molecule has 9 heteroatoms. The Hall–Kier alpha value is -2.13. The second kappa shape index (κ2) is 8.55. The molecule has 1 aromatic carbocycles. The highest BCUT2D eigenvalue weighted by atomic mass is 32.2. The monoisotopic (exact) mass is 435 g/mol. The van der Waals surface area contributed by atoms with Gasteiger partial charge in [0.05, 0.1) is 10.6 Å². The van der Waals surface area contributed by atoms with Crippen molar-refractivity contribution >= 4 is 27.5 Å². The third-order valence-electron chi connectivity index (χ3n) is 6.31. The van der Waals surface area contributed by atoms with Crippen LogP contribution >= 0.6 is 0 Å². The summed E-state index contributed by atoms with van der Waals surface area (Å²) in [5, 5.41) is 5.85. The Labute approximate surface area is 177 Å². The van der Waals surface area contributed by atoms with Crippen molar-refractivity contribution in [2.24, 2.45) is 5.92 Å². The van der Waals surface area contributed by atoms with E-state index in [2.05, 4.69) is 10.6 Å². The molecule has 1 saturated carbocycles. The normalized spacial score (nSPS) is 23.5. The van der Waals surface area contributed by atoms with Gasteiger partial charge >= 0.3 is 0 Å². The molecule has 1 aliphatic carbocycles. The fourth-order valence-corrected chi connectivity index (χ4v) is 5.95. The molecule has 1 saturated heterocycles. The van der Waals surface area contributed by atoms with Crippen LogP contribution in [0.3, 0.4) is 0 Å². The van der Waals surface area contributed by atoms with Crippen LogP contribution in [0.25, 0.3) is 0 Å². The molecule has 0 bridgehead atoms. The van der Waals surface area contributed by atoms with E-state index in [9.17, 15) is 18.0 Å². The van der Waals surface area contributed by atoms with E-state index in [0.29, 0.717) is 43.8 Å². The molecule has 0 spiro atoms. The molecule has 1 aromatic rings. The van der Waals surface area contributed by atoms with Crippen molar-refractivity contribution in [3.8, 4) is 5.75 Å². The number of hydrogen-bond donors (Lipinski definition) is 2. The van der Waals surface area contributed by atoms with Gasteiger partial charge in [-0.25, -0.2) is 8.42 Å². The third kappa shape index (κ3) is 4.18. The van der Waals surface area contributed by atoms with Crippen LogP contribution in [-0.2, 0) is 19.6 Å². The summed E-state index contributed by atoms with van der Waals surface area (Å²) in [5.74, 6) is 0.119. The zero-order valence-corrected chi connectivity index (χ0v) is 18.0. The summed E-state index contributed by atoms with van der Waals surface area (Å²) in [6.07, 6.45) is 5.40. The number of nitrogens with zero attached hydrogens (tertiary/aromatic N) is 1. The van der Waals surface area contributed by atoms with Gasteiger partial charge in [-0.3, -0.25) is 9.59 Å². The Bertz CT molecular complexity index is 919. The molecule has 30 heavy (non-hydrogen) atoms. The van der Waals surface area contributed by atoms with Gasteiger partial charge in [0.25, 0.3) is 5.91 Å². The number of carbonyl (C=O) groups excluding carboxylic acids is 2. The molecule has 1 unspecified atom stereocenters. The number of fused-ring (bicyclic) bond motifs is 1. The van der Waals surface area contributed by atoms with Crippen molar-refractivity contribution < 1.29 is 22.7 Å². The van der Waals surface area contributed by atoms with Crippen LogP contribution in [0.2, 0.25) is 0 Å². The van der Waals surface area contributed by atoms with E-state index in [4.69, 9.17) is 4.74 Å². The molecule has 2 N–H and O–H groups in total. The Morgan fingerprint density at radius 1 is 1.20 bits per heavy atom. The summed E-state index contributed by atoms with van der Waals surface area (Å²) < 4.78 is 33.3. The van der Waals surface area contributed by atoms with E-state index < -0.39 is 16.1 Å². The van der Waals surface area contributed by atoms with Gasteiger partial charge in [0, 0.05) is 25.0 Å². The SMILES string of the molecule is CCC1Oc2ccc(S(=O)(=O)N3CCC(C(=O)NC4CCCC4)CC3)cc2NC1=O.